The number of esters is 1. The van der Waals surface area contributed by atoms with Gasteiger partial charge < -0.3 is 9.72 Å². The fourth-order valence-electron chi connectivity index (χ4n) is 3.33. The van der Waals surface area contributed by atoms with E-state index in [1.165, 1.54) is 7.11 Å². The van der Waals surface area contributed by atoms with Crippen molar-refractivity contribution in [2.45, 2.75) is 19.5 Å². The second-order valence-corrected chi connectivity index (χ2v) is 7.25. The maximum absolute atomic E-state index is 12.3. The van der Waals surface area contributed by atoms with Gasteiger partial charge in [0.25, 0.3) is 0 Å². The summed E-state index contributed by atoms with van der Waals surface area (Å²) in [6.07, 6.45) is 2.62. The van der Waals surface area contributed by atoms with Crippen LogP contribution in [0.2, 0.25) is 5.15 Å². The Bertz CT molecular complexity index is 1080. The SMILES string of the molecule is COC(=O)c1nn(-c2ccccc2)c(Cl)c1CN1CCc2[nH]c(=S)ncc2C1. The quantitative estimate of drug-likeness (QED) is 0.520. The highest BCUT2D eigenvalue weighted by Gasteiger charge is 2.26. The predicted molar refractivity (Wildman–Crippen MR) is 107 cm³/mol. The van der Waals surface area contributed by atoms with Gasteiger partial charge >= 0.3 is 5.97 Å². The van der Waals surface area contributed by atoms with Gasteiger partial charge in [-0.05, 0) is 24.4 Å². The third-order valence-corrected chi connectivity index (χ3v) is 5.33. The molecule has 0 saturated carbocycles. The molecule has 0 spiro atoms. The third-order valence-electron chi connectivity index (χ3n) is 4.74. The van der Waals surface area contributed by atoms with Crippen LogP contribution in [0.25, 0.3) is 5.69 Å². The number of H-pyrrole nitrogens is 1. The molecule has 144 valence electrons. The van der Waals surface area contributed by atoms with E-state index in [0.29, 0.717) is 28.6 Å². The predicted octanol–water partition coefficient (Wildman–Crippen LogP) is 3.32. The van der Waals surface area contributed by atoms with Gasteiger partial charge in [-0.15, -0.1) is 0 Å². The Hall–Kier alpha value is -2.55. The Labute approximate surface area is 171 Å². The van der Waals surface area contributed by atoms with Gasteiger partial charge in [0.05, 0.1) is 12.8 Å². The average Bonchev–Trinajstić information content (AvgIpc) is 3.04. The summed E-state index contributed by atoms with van der Waals surface area (Å²) < 4.78 is 6.98. The normalized spacial score (nSPS) is 13.9. The number of nitrogens with one attached hydrogen (secondary N) is 1. The lowest BCUT2D eigenvalue weighted by atomic mass is 10.1. The molecule has 1 N–H and O–H groups in total. The number of carbonyl (C=O) groups is 1. The van der Waals surface area contributed by atoms with E-state index in [1.807, 2.05) is 30.3 Å². The van der Waals surface area contributed by atoms with E-state index in [9.17, 15) is 4.79 Å². The standard InChI is InChI=1S/C19H18ClN5O2S/c1-27-18(26)16-14(17(20)25(23-16)13-5-3-2-4-6-13)11-24-8-7-15-12(10-24)9-21-19(28)22-15/h2-6,9H,7-8,10-11H2,1H3,(H,21,22,28). The molecule has 3 heterocycles. The molecule has 9 heteroatoms. The van der Waals surface area contributed by atoms with Gasteiger partial charge in [0, 0.05) is 49.1 Å². The van der Waals surface area contributed by atoms with Crippen LogP contribution in [0.3, 0.4) is 0 Å². The lowest BCUT2D eigenvalue weighted by Gasteiger charge is -2.28. The summed E-state index contributed by atoms with van der Waals surface area (Å²) in [5, 5.41) is 4.83. The molecular weight excluding hydrogens is 398 g/mol. The van der Waals surface area contributed by atoms with Gasteiger partial charge in [-0.3, -0.25) is 4.90 Å². The van der Waals surface area contributed by atoms with Crippen LogP contribution in [0.15, 0.2) is 36.5 Å². The Morgan fingerprint density at radius 2 is 2.14 bits per heavy atom. The molecule has 0 bridgehead atoms. The summed E-state index contributed by atoms with van der Waals surface area (Å²) in [5.41, 5.74) is 3.86. The van der Waals surface area contributed by atoms with E-state index in [0.717, 1.165) is 29.9 Å². The second kappa shape index (κ2) is 7.83. The summed E-state index contributed by atoms with van der Waals surface area (Å²) in [4.78, 5) is 21.8. The zero-order chi connectivity index (χ0) is 19.7. The smallest absolute Gasteiger partial charge is 0.358 e. The van der Waals surface area contributed by atoms with Gasteiger partial charge in [-0.1, -0.05) is 29.8 Å². The van der Waals surface area contributed by atoms with Crippen molar-refractivity contribution in [2.75, 3.05) is 13.7 Å². The molecule has 1 aliphatic rings. The van der Waals surface area contributed by atoms with Crippen molar-refractivity contribution < 1.29 is 9.53 Å². The highest BCUT2D eigenvalue weighted by Crippen LogP contribution is 2.27. The van der Waals surface area contributed by atoms with Crippen LogP contribution in [0.1, 0.15) is 27.3 Å². The number of hydrogen-bond donors (Lipinski definition) is 1. The first-order chi connectivity index (χ1) is 13.6. The number of ether oxygens (including phenoxy) is 1. The first-order valence-electron chi connectivity index (χ1n) is 8.77. The second-order valence-electron chi connectivity index (χ2n) is 6.51. The Morgan fingerprint density at radius 3 is 2.89 bits per heavy atom. The lowest BCUT2D eigenvalue weighted by molar-refractivity contribution is 0.0591. The van der Waals surface area contributed by atoms with Crippen molar-refractivity contribution in [3.8, 4) is 5.69 Å². The third kappa shape index (κ3) is 3.58. The van der Waals surface area contributed by atoms with Crippen molar-refractivity contribution in [2.24, 2.45) is 0 Å². The molecule has 28 heavy (non-hydrogen) atoms. The summed E-state index contributed by atoms with van der Waals surface area (Å²) in [7, 11) is 1.34. The molecular formula is C19H18ClN5O2S. The molecule has 0 saturated heterocycles. The Kier molecular flexibility index (Phi) is 5.25. The van der Waals surface area contributed by atoms with Crippen molar-refractivity contribution in [3.63, 3.8) is 0 Å². The Morgan fingerprint density at radius 1 is 1.36 bits per heavy atom. The summed E-state index contributed by atoms with van der Waals surface area (Å²) in [6, 6.07) is 9.46. The molecule has 0 radical (unpaired) electrons. The van der Waals surface area contributed by atoms with Crippen LogP contribution in [-0.2, 0) is 24.2 Å². The number of methoxy groups -OCH3 is 1. The van der Waals surface area contributed by atoms with Crippen molar-refractivity contribution >= 4 is 29.8 Å². The fourth-order valence-corrected chi connectivity index (χ4v) is 3.80. The van der Waals surface area contributed by atoms with Crippen LogP contribution < -0.4 is 0 Å². The highest BCUT2D eigenvalue weighted by molar-refractivity contribution is 7.71. The molecule has 0 amide bonds. The molecule has 0 aliphatic carbocycles. The number of fused-ring (bicyclic) bond motifs is 1. The summed E-state index contributed by atoms with van der Waals surface area (Å²) in [6.45, 7) is 1.96. The van der Waals surface area contributed by atoms with Crippen LogP contribution in [0.5, 0.6) is 0 Å². The minimum atomic E-state index is -0.505. The number of para-hydroxylation sites is 1. The van der Waals surface area contributed by atoms with Crippen molar-refractivity contribution in [3.05, 3.63) is 69.0 Å². The lowest BCUT2D eigenvalue weighted by Crippen LogP contribution is -2.31. The van der Waals surface area contributed by atoms with Crippen molar-refractivity contribution in [1.29, 1.82) is 0 Å². The van der Waals surface area contributed by atoms with E-state index in [-0.39, 0.29) is 5.69 Å². The van der Waals surface area contributed by atoms with E-state index in [2.05, 4.69) is 20.0 Å². The fraction of sp³-hybridized carbons (Fsp3) is 0.263. The van der Waals surface area contributed by atoms with Crippen LogP contribution in [-0.4, -0.2) is 44.3 Å². The van der Waals surface area contributed by atoms with Crippen molar-refractivity contribution in [1.82, 2.24) is 24.6 Å². The number of aromatic nitrogens is 4. The van der Waals surface area contributed by atoms with Crippen LogP contribution >= 0.6 is 23.8 Å². The number of rotatable bonds is 4. The van der Waals surface area contributed by atoms with Gasteiger partial charge in [0.2, 0.25) is 0 Å². The zero-order valence-electron chi connectivity index (χ0n) is 15.2. The molecule has 4 rings (SSSR count). The number of carbonyl (C=O) groups excluding carboxylic acids is 1. The molecule has 0 fully saturated rings. The van der Waals surface area contributed by atoms with E-state index >= 15 is 0 Å². The van der Waals surface area contributed by atoms with Gasteiger partial charge in [0.15, 0.2) is 10.5 Å². The maximum atomic E-state index is 12.3. The topological polar surface area (TPSA) is 76.0 Å². The number of halogens is 1. The van der Waals surface area contributed by atoms with Crippen LogP contribution in [0.4, 0.5) is 0 Å². The minimum absolute atomic E-state index is 0.229. The minimum Gasteiger partial charge on any atom is -0.464 e. The molecule has 0 unspecified atom stereocenters. The maximum Gasteiger partial charge on any atom is 0.358 e. The van der Waals surface area contributed by atoms with E-state index in [4.69, 9.17) is 28.6 Å². The molecule has 2 aromatic heterocycles. The Balaban J connectivity index is 1.67. The number of nitrogens with zero attached hydrogens (tertiary/aromatic N) is 4. The number of hydrogen-bond acceptors (Lipinski definition) is 6. The largest absolute Gasteiger partial charge is 0.464 e. The van der Waals surface area contributed by atoms with E-state index in [1.54, 1.807) is 10.9 Å². The van der Waals surface area contributed by atoms with Gasteiger partial charge in [-0.2, -0.15) is 5.10 Å². The first kappa shape index (κ1) is 18.8. The molecule has 1 aromatic carbocycles. The zero-order valence-corrected chi connectivity index (χ0v) is 16.8. The highest BCUT2D eigenvalue weighted by atomic mass is 35.5. The van der Waals surface area contributed by atoms with Gasteiger partial charge in [0.1, 0.15) is 5.15 Å². The molecule has 3 aromatic rings. The average molecular weight is 416 g/mol. The molecule has 0 atom stereocenters. The number of benzene rings is 1. The van der Waals surface area contributed by atoms with Crippen LogP contribution in [0, 0.1) is 4.77 Å². The number of aromatic amines is 1. The monoisotopic (exact) mass is 415 g/mol. The molecule has 1 aliphatic heterocycles. The first-order valence-corrected chi connectivity index (χ1v) is 9.56. The summed E-state index contributed by atoms with van der Waals surface area (Å²) >= 11 is 11.7. The van der Waals surface area contributed by atoms with E-state index < -0.39 is 5.97 Å². The molecule has 7 nitrogen and oxygen atoms in total. The van der Waals surface area contributed by atoms with Gasteiger partial charge in [-0.25, -0.2) is 14.5 Å². The summed E-state index contributed by atoms with van der Waals surface area (Å²) in [5.74, 6) is -0.505.